The topological polar surface area (TPSA) is 175 Å². The van der Waals surface area contributed by atoms with Gasteiger partial charge in [-0.05, 0) is 77.0 Å². The zero-order chi connectivity index (χ0) is 52.4. The lowest BCUT2D eigenvalue weighted by Gasteiger charge is -2.40. The van der Waals surface area contributed by atoms with E-state index in [1.807, 2.05) is 6.08 Å². The van der Waals surface area contributed by atoms with E-state index in [4.69, 9.17) is 14.2 Å². The van der Waals surface area contributed by atoms with E-state index in [0.717, 1.165) is 83.5 Å². The quantitative estimate of drug-likeness (QED) is 0.0195. The highest BCUT2D eigenvalue weighted by Gasteiger charge is 2.44. The van der Waals surface area contributed by atoms with Crippen LogP contribution < -0.4 is 5.32 Å². The molecule has 7 atom stereocenters. The molecule has 1 aliphatic heterocycles. The first-order valence-electron chi connectivity index (χ1n) is 29.6. The van der Waals surface area contributed by atoms with Crippen LogP contribution in [0.2, 0.25) is 0 Å². The lowest BCUT2D eigenvalue weighted by atomic mass is 9.99. The second kappa shape index (κ2) is 50.5. The smallest absolute Gasteiger partial charge is 0.305 e. The molecule has 1 saturated heterocycles. The third-order valence-electron chi connectivity index (χ3n) is 13.6. The molecule has 0 aromatic carbocycles. The summed E-state index contributed by atoms with van der Waals surface area (Å²) in [6, 6.07) is -0.814. The summed E-state index contributed by atoms with van der Waals surface area (Å²) in [5, 5.41) is 54.2. The molecule has 11 nitrogen and oxygen atoms in total. The Kier molecular flexibility index (Phi) is 47.3. The van der Waals surface area contributed by atoms with Gasteiger partial charge in [0.05, 0.1) is 32.0 Å². The summed E-state index contributed by atoms with van der Waals surface area (Å²) in [7, 11) is 0. The van der Waals surface area contributed by atoms with Crippen LogP contribution in [0.15, 0.2) is 60.8 Å². The van der Waals surface area contributed by atoms with Crippen molar-refractivity contribution in [3.05, 3.63) is 60.8 Å². The molecule has 7 unspecified atom stereocenters. The molecule has 0 aromatic rings. The summed E-state index contributed by atoms with van der Waals surface area (Å²) in [6.07, 6.45) is 54.7. The maximum absolute atomic E-state index is 13.0. The second-order valence-corrected chi connectivity index (χ2v) is 20.3. The molecule has 0 saturated carbocycles. The average molecular weight is 1020 g/mol. The van der Waals surface area contributed by atoms with Crippen molar-refractivity contribution in [2.24, 2.45) is 0 Å². The standard InChI is InChI=1S/C61H109NO10/c1-3-5-7-9-11-13-15-25-29-33-37-41-45-49-57(66)70-50-46-42-38-34-30-27-24-22-20-18-16-17-19-21-23-26-28-32-36-40-44-48-56(65)62-53(52-71-61-60(69)59(68)58(67)55(51-63)72-61)54(64)47-43-39-35-31-14-12-10-8-6-4-2/h7,9,13,15,27,30,38,42-43,47,53-55,58-61,63-64,67-69H,3-6,8,10-12,14,16-26,28-29,31-37,39-41,44-46,48-52H2,1-2H3,(H,62,65)/b9-7-,15-13-,30-27-,42-38-,47-43+. The molecule has 1 amide bonds. The van der Waals surface area contributed by atoms with Gasteiger partial charge in [-0.2, -0.15) is 0 Å². The van der Waals surface area contributed by atoms with Gasteiger partial charge in [-0.15, -0.1) is 0 Å². The molecular formula is C61H109NO10. The van der Waals surface area contributed by atoms with Gasteiger partial charge in [-0.3, -0.25) is 9.59 Å². The summed E-state index contributed by atoms with van der Waals surface area (Å²) in [5.74, 6) is -0.254. The van der Waals surface area contributed by atoms with Crippen molar-refractivity contribution < 1.29 is 49.3 Å². The third kappa shape index (κ3) is 39.8. The molecule has 418 valence electrons. The Hall–Kier alpha value is -2.64. The van der Waals surface area contributed by atoms with E-state index in [1.165, 1.54) is 141 Å². The summed E-state index contributed by atoms with van der Waals surface area (Å²) in [6.45, 7) is 4.13. The number of rotatable bonds is 50. The first-order valence-corrected chi connectivity index (χ1v) is 29.6. The van der Waals surface area contributed by atoms with Crippen LogP contribution in [0.1, 0.15) is 251 Å². The van der Waals surface area contributed by atoms with E-state index in [1.54, 1.807) is 6.08 Å². The van der Waals surface area contributed by atoms with Crippen LogP contribution >= 0.6 is 0 Å². The molecule has 1 fully saturated rings. The van der Waals surface area contributed by atoms with Crippen molar-refractivity contribution in [3.63, 3.8) is 0 Å². The number of unbranched alkanes of at least 4 members (excludes halogenated alkanes) is 28. The minimum absolute atomic E-state index is 0.0647. The normalized spacial score (nSPS) is 19.5. The predicted molar refractivity (Wildman–Crippen MR) is 296 cm³/mol. The van der Waals surface area contributed by atoms with E-state index < -0.39 is 49.5 Å². The van der Waals surface area contributed by atoms with Crippen molar-refractivity contribution in [1.82, 2.24) is 5.32 Å². The summed E-state index contributed by atoms with van der Waals surface area (Å²) >= 11 is 0. The Labute approximate surface area is 439 Å². The molecule has 6 N–H and O–H groups in total. The number of ether oxygens (including phenoxy) is 3. The minimum atomic E-state index is -1.57. The van der Waals surface area contributed by atoms with Crippen LogP contribution in [0.3, 0.4) is 0 Å². The molecule has 0 bridgehead atoms. The van der Waals surface area contributed by atoms with Gasteiger partial charge in [0.2, 0.25) is 5.91 Å². The largest absolute Gasteiger partial charge is 0.465 e. The minimum Gasteiger partial charge on any atom is -0.465 e. The second-order valence-electron chi connectivity index (χ2n) is 20.3. The number of allylic oxidation sites excluding steroid dienone is 8. The van der Waals surface area contributed by atoms with Crippen molar-refractivity contribution in [3.8, 4) is 0 Å². The summed E-state index contributed by atoms with van der Waals surface area (Å²) < 4.78 is 16.6. The van der Waals surface area contributed by atoms with E-state index in [-0.39, 0.29) is 18.5 Å². The van der Waals surface area contributed by atoms with Gasteiger partial charge in [0, 0.05) is 12.8 Å². The number of aliphatic hydroxyl groups excluding tert-OH is 5. The number of carbonyl (C=O) groups is 2. The van der Waals surface area contributed by atoms with Crippen LogP contribution in [0.25, 0.3) is 0 Å². The van der Waals surface area contributed by atoms with Gasteiger partial charge >= 0.3 is 5.97 Å². The highest BCUT2D eigenvalue weighted by molar-refractivity contribution is 5.76. The van der Waals surface area contributed by atoms with E-state index >= 15 is 0 Å². The number of aliphatic hydroxyl groups is 5. The van der Waals surface area contributed by atoms with Gasteiger partial charge in [0.1, 0.15) is 24.4 Å². The van der Waals surface area contributed by atoms with Crippen molar-refractivity contribution in [1.29, 1.82) is 0 Å². The zero-order valence-corrected chi connectivity index (χ0v) is 45.9. The molecule has 1 rings (SSSR count). The van der Waals surface area contributed by atoms with Crippen molar-refractivity contribution >= 4 is 11.9 Å². The lowest BCUT2D eigenvalue weighted by Crippen LogP contribution is -2.60. The van der Waals surface area contributed by atoms with Crippen LogP contribution in [0, 0.1) is 0 Å². The Morgan fingerprint density at radius 3 is 1.46 bits per heavy atom. The Bertz CT molecular complexity index is 1380. The number of nitrogens with one attached hydrogen (secondary N) is 1. The van der Waals surface area contributed by atoms with Crippen LogP contribution in [0.5, 0.6) is 0 Å². The Balaban J connectivity index is 2.06. The van der Waals surface area contributed by atoms with Gasteiger partial charge in [0.15, 0.2) is 6.29 Å². The number of amides is 1. The highest BCUT2D eigenvalue weighted by Crippen LogP contribution is 2.23. The number of hydrogen-bond acceptors (Lipinski definition) is 10. The fourth-order valence-corrected chi connectivity index (χ4v) is 8.90. The average Bonchev–Trinajstić information content (AvgIpc) is 3.38. The zero-order valence-electron chi connectivity index (χ0n) is 45.9. The molecule has 0 radical (unpaired) electrons. The Morgan fingerprint density at radius 1 is 0.514 bits per heavy atom. The molecule has 1 aliphatic rings. The van der Waals surface area contributed by atoms with Crippen LogP contribution in [-0.2, 0) is 23.8 Å². The first-order chi connectivity index (χ1) is 35.2. The van der Waals surface area contributed by atoms with E-state index in [0.29, 0.717) is 19.4 Å². The molecule has 0 aromatic heterocycles. The van der Waals surface area contributed by atoms with Crippen molar-refractivity contribution in [2.45, 2.75) is 294 Å². The summed E-state index contributed by atoms with van der Waals surface area (Å²) in [5.41, 5.74) is 0. The fraction of sp³-hybridized carbons (Fsp3) is 0.803. The van der Waals surface area contributed by atoms with E-state index in [9.17, 15) is 35.1 Å². The van der Waals surface area contributed by atoms with Crippen molar-refractivity contribution in [2.75, 3.05) is 19.8 Å². The SMILES string of the molecule is CCC/C=C\C/C=C\CCCCCCCC(=O)OCC/C=C\C/C=C\CCCCCCCCCCCCCCCCC(=O)NC(COC1OC(CO)C(O)C(O)C1O)C(O)/C=C/CCCCCCCCCC. The molecular weight excluding hydrogens is 907 g/mol. The Morgan fingerprint density at radius 2 is 0.958 bits per heavy atom. The van der Waals surface area contributed by atoms with Gasteiger partial charge < -0.3 is 45.1 Å². The summed E-state index contributed by atoms with van der Waals surface area (Å²) in [4.78, 5) is 25.0. The van der Waals surface area contributed by atoms with Gasteiger partial charge in [0.25, 0.3) is 0 Å². The molecule has 0 aliphatic carbocycles. The van der Waals surface area contributed by atoms with E-state index in [2.05, 4.69) is 67.8 Å². The third-order valence-corrected chi connectivity index (χ3v) is 13.6. The van der Waals surface area contributed by atoms with Crippen LogP contribution in [0.4, 0.5) is 0 Å². The number of esters is 1. The fourth-order valence-electron chi connectivity index (χ4n) is 8.90. The lowest BCUT2D eigenvalue weighted by molar-refractivity contribution is -0.302. The van der Waals surface area contributed by atoms with Crippen LogP contribution in [-0.4, -0.2) is 100 Å². The molecule has 1 heterocycles. The maximum atomic E-state index is 13.0. The molecule has 11 heteroatoms. The molecule has 0 spiro atoms. The monoisotopic (exact) mass is 1020 g/mol. The first kappa shape index (κ1) is 67.4. The van der Waals surface area contributed by atoms with Gasteiger partial charge in [-0.1, -0.05) is 222 Å². The predicted octanol–water partition coefficient (Wildman–Crippen LogP) is 13.4. The maximum Gasteiger partial charge on any atom is 0.305 e. The number of carbonyl (C=O) groups excluding carboxylic acids is 2. The molecule has 72 heavy (non-hydrogen) atoms. The number of hydrogen-bond donors (Lipinski definition) is 6. The van der Waals surface area contributed by atoms with Gasteiger partial charge in [-0.25, -0.2) is 0 Å². The highest BCUT2D eigenvalue weighted by atomic mass is 16.7.